The summed E-state index contributed by atoms with van der Waals surface area (Å²) in [5.74, 6) is 1.82. The van der Waals surface area contributed by atoms with Crippen LogP contribution < -0.4 is 0 Å². The van der Waals surface area contributed by atoms with Gasteiger partial charge in [0.1, 0.15) is 0 Å². The van der Waals surface area contributed by atoms with E-state index in [1.807, 2.05) is 85.1 Å². The molecule has 0 bridgehead atoms. The van der Waals surface area contributed by atoms with E-state index in [9.17, 15) is 0 Å². The Morgan fingerprint density at radius 1 is 0.362 bits per heavy atom. The molecule has 0 unspecified atom stereocenters. The minimum absolute atomic E-state index is 0.592. The molecule has 2 heterocycles. The lowest BCUT2D eigenvalue weighted by molar-refractivity contribution is 1.07. The Bertz CT molecular complexity index is 3150. The molecule has 10 rings (SSSR count). The van der Waals surface area contributed by atoms with Crippen molar-refractivity contribution in [3.05, 3.63) is 206 Å². The molecular weight excluding hydrogens is 705 g/mol. The van der Waals surface area contributed by atoms with Crippen LogP contribution in [0.4, 0.5) is 0 Å². The van der Waals surface area contributed by atoms with Gasteiger partial charge in [-0.1, -0.05) is 171 Å². The second-order valence-electron chi connectivity index (χ2n) is 14.3. The zero-order valence-electron chi connectivity index (χ0n) is 31.7. The lowest BCUT2D eigenvalue weighted by Crippen LogP contribution is -2.00. The molecule has 8 aromatic carbocycles. The molecule has 0 N–H and O–H groups in total. The van der Waals surface area contributed by atoms with Crippen LogP contribution in [0.25, 0.3) is 112 Å². The van der Waals surface area contributed by atoms with Crippen LogP contribution in [0.15, 0.2) is 195 Å². The molecular formula is C54H36N4. The Balaban J connectivity index is 1.24. The average Bonchev–Trinajstić information content (AvgIpc) is 3.31. The van der Waals surface area contributed by atoms with Gasteiger partial charge in [-0.2, -0.15) is 0 Å². The van der Waals surface area contributed by atoms with E-state index in [2.05, 4.69) is 122 Å². The first-order chi connectivity index (χ1) is 28.6. The molecule has 0 saturated carbocycles. The number of hydrogen-bond acceptors (Lipinski definition) is 4. The van der Waals surface area contributed by atoms with Gasteiger partial charge in [0.25, 0.3) is 0 Å². The maximum absolute atomic E-state index is 5.17. The first kappa shape index (κ1) is 34.7. The molecule has 0 aliphatic rings. The van der Waals surface area contributed by atoms with Gasteiger partial charge >= 0.3 is 0 Å². The van der Waals surface area contributed by atoms with Gasteiger partial charge in [0.2, 0.25) is 0 Å². The molecule has 0 aliphatic heterocycles. The predicted molar refractivity (Wildman–Crippen MR) is 243 cm³/mol. The quantitative estimate of drug-likeness (QED) is 0.146. The van der Waals surface area contributed by atoms with Gasteiger partial charge in [-0.15, -0.1) is 0 Å². The summed E-state index contributed by atoms with van der Waals surface area (Å²) in [4.78, 5) is 20.2. The largest absolute Gasteiger partial charge is 0.256 e. The van der Waals surface area contributed by atoms with Crippen LogP contribution in [-0.4, -0.2) is 19.9 Å². The summed E-state index contributed by atoms with van der Waals surface area (Å²) in [6.45, 7) is 8.45. The van der Waals surface area contributed by atoms with E-state index in [1.165, 1.54) is 0 Å². The van der Waals surface area contributed by atoms with Crippen molar-refractivity contribution >= 4 is 44.5 Å². The number of nitrogens with zero attached hydrogens (tertiary/aromatic N) is 4. The second-order valence-corrected chi connectivity index (χ2v) is 14.3. The molecule has 58 heavy (non-hydrogen) atoms. The van der Waals surface area contributed by atoms with Crippen molar-refractivity contribution < 1.29 is 0 Å². The fraction of sp³-hybridized carbons (Fsp3) is 0. The van der Waals surface area contributed by atoms with Crippen LogP contribution >= 0.6 is 0 Å². The molecule has 272 valence electrons. The van der Waals surface area contributed by atoms with Gasteiger partial charge < -0.3 is 0 Å². The minimum atomic E-state index is 0.592. The number of aromatic nitrogens is 4. The van der Waals surface area contributed by atoms with Crippen LogP contribution in [0, 0.1) is 0 Å². The average molecular weight is 741 g/mol. The summed E-state index contributed by atoms with van der Waals surface area (Å²) in [7, 11) is 0. The third-order valence-electron chi connectivity index (χ3n) is 10.9. The summed E-state index contributed by atoms with van der Waals surface area (Å²) in [5, 5.41) is 6.84. The molecule has 4 heteroatoms. The second kappa shape index (κ2) is 14.7. The molecule has 0 amide bonds. The molecule has 0 fully saturated rings. The maximum atomic E-state index is 5.17. The lowest BCUT2D eigenvalue weighted by Gasteiger charge is -2.18. The highest BCUT2D eigenvalue weighted by atomic mass is 15.0. The number of benzene rings is 8. The van der Waals surface area contributed by atoms with Gasteiger partial charge in [-0.3, -0.25) is 4.98 Å². The fourth-order valence-electron chi connectivity index (χ4n) is 8.09. The van der Waals surface area contributed by atoms with E-state index in [1.54, 1.807) is 0 Å². The smallest absolute Gasteiger partial charge is 0.164 e. The van der Waals surface area contributed by atoms with Crippen molar-refractivity contribution in [1.29, 1.82) is 0 Å². The molecule has 2 aromatic heterocycles. The predicted octanol–water partition coefficient (Wildman–Crippen LogP) is 14.0. The summed E-state index contributed by atoms with van der Waals surface area (Å²) in [6.07, 6.45) is 5.84. The van der Waals surface area contributed by atoms with Crippen molar-refractivity contribution in [1.82, 2.24) is 19.9 Å². The van der Waals surface area contributed by atoms with Crippen LogP contribution in [-0.2, 0) is 0 Å². The highest BCUT2D eigenvalue weighted by Gasteiger charge is 2.18. The van der Waals surface area contributed by atoms with Gasteiger partial charge in [0, 0.05) is 33.8 Å². The van der Waals surface area contributed by atoms with Crippen LogP contribution in [0.1, 0.15) is 11.1 Å². The fourth-order valence-corrected chi connectivity index (χ4v) is 8.09. The summed E-state index contributed by atoms with van der Waals surface area (Å²) >= 11 is 0. The molecule has 0 saturated heterocycles. The molecule has 0 spiro atoms. The Hall–Kier alpha value is -7.82. The van der Waals surface area contributed by atoms with Crippen LogP contribution in [0.3, 0.4) is 0 Å². The van der Waals surface area contributed by atoms with E-state index in [4.69, 9.17) is 19.9 Å². The van der Waals surface area contributed by atoms with E-state index in [0.717, 1.165) is 93.6 Å². The van der Waals surface area contributed by atoms with E-state index in [0.29, 0.717) is 17.5 Å². The van der Waals surface area contributed by atoms with E-state index < -0.39 is 0 Å². The minimum Gasteiger partial charge on any atom is -0.256 e. The summed E-state index contributed by atoms with van der Waals surface area (Å²) in [5.41, 5.74) is 11.1. The van der Waals surface area contributed by atoms with Gasteiger partial charge in [-0.25, -0.2) is 15.0 Å². The third-order valence-corrected chi connectivity index (χ3v) is 10.9. The summed E-state index contributed by atoms with van der Waals surface area (Å²) < 4.78 is 0. The molecule has 10 aromatic rings. The van der Waals surface area contributed by atoms with Gasteiger partial charge in [0.05, 0.1) is 5.69 Å². The first-order valence-electron chi connectivity index (χ1n) is 19.4. The van der Waals surface area contributed by atoms with Gasteiger partial charge in [0.15, 0.2) is 17.5 Å². The SMILES string of the molecule is C=Cc1c(C=C)c2cccc(-c3cc(-c4cccc(-c5cc6ccccc6cn5)c4)cc(-c4nc(-c5ccccc5)nc(-c5ccccc5)n4)c3)c2c2ccccc12. The number of rotatable bonds is 8. The number of fused-ring (bicyclic) bond motifs is 4. The number of hydrogen-bond donors (Lipinski definition) is 0. The van der Waals surface area contributed by atoms with E-state index in [-0.39, 0.29) is 0 Å². The van der Waals surface area contributed by atoms with Crippen molar-refractivity contribution in [2.24, 2.45) is 0 Å². The Kier molecular flexibility index (Phi) is 8.77. The van der Waals surface area contributed by atoms with Crippen molar-refractivity contribution in [2.45, 2.75) is 0 Å². The molecule has 0 aliphatic carbocycles. The monoisotopic (exact) mass is 740 g/mol. The molecule has 4 nitrogen and oxygen atoms in total. The first-order valence-corrected chi connectivity index (χ1v) is 19.4. The molecule has 0 atom stereocenters. The lowest BCUT2D eigenvalue weighted by atomic mass is 9.86. The normalized spacial score (nSPS) is 11.2. The Morgan fingerprint density at radius 3 is 1.57 bits per heavy atom. The van der Waals surface area contributed by atoms with Gasteiger partial charge in [-0.05, 0) is 90.6 Å². The zero-order valence-corrected chi connectivity index (χ0v) is 31.7. The Morgan fingerprint density at radius 2 is 0.862 bits per heavy atom. The van der Waals surface area contributed by atoms with Crippen molar-refractivity contribution in [3.63, 3.8) is 0 Å². The van der Waals surface area contributed by atoms with Crippen LogP contribution in [0.2, 0.25) is 0 Å². The number of pyridine rings is 1. The van der Waals surface area contributed by atoms with E-state index >= 15 is 0 Å². The van der Waals surface area contributed by atoms with Crippen molar-refractivity contribution in [3.8, 4) is 67.7 Å². The van der Waals surface area contributed by atoms with Crippen molar-refractivity contribution in [2.75, 3.05) is 0 Å². The standard InChI is InChI=1S/C54H36N4/c1-3-44-45(4-2)48-28-16-27-46(51(48)49-26-14-13-25-47(44)49)42-30-41(37-23-15-24-39(29-37)50-33-38-21-11-12-22-40(38)34-55-50)31-43(32-42)54-57-52(35-17-7-5-8-18-35)56-53(58-54)36-19-9-6-10-20-36/h3-34H,1-2H2. The highest BCUT2D eigenvalue weighted by Crippen LogP contribution is 2.42. The zero-order chi connectivity index (χ0) is 39.0. The summed E-state index contributed by atoms with van der Waals surface area (Å²) in [6, 6.07) is 61.1. The molecule has 0 radical (unpaired) electrons. The highest BCUT2D eigenvalue weighted by molar-refractivity contribution is 6.19. The topological polar surface area (TPSA) is 51.6 Å². The maximum Gasteiger partial charge on any atom is 0.164 e. The third kappa shape index (κ3) is 6.23. The Labute approximate surface area is 337 Å². The van der Waals surface area contributed by atoms with Crippen LogP contribution in [0.5, 0.6) is 0 Å².